The maximum atomic E-state index is 12.5. The van der Waals surface area contributed by atoms with E-state index in [0.717, 1.165) is 0 Å². The zero-order valence-electron chi connectivity index (χ0n) is 14.0. The number of ether oxygens (including phenoxy) is 1. The van der Waals surface area contributed by atoms with Crippen molar-refractivity contribution in [2.24, 2.45) is 0 Å². The average molecular weight is 246 g/mol. The van der Waals surface area contributed by atoms with Crippen molar-refractivity contribution in [3.05, 3.63) is 59.1 Å². The monoisotopic (exact) mass is 246 g/mol. The lowest BCUT2D eigenvalue weighted by Gasteiger charge is -2.06. The van der Waals surface area contributed by atoms with Crippen molar-refractivity contribution in [2.45, 2.75) is 6.92 Å². The second-order valence-corrected chi connectivity index (χ2v) is 3.72. The first-order chi connectivity index (χ1) is 10.3. The molecule has 2 rings (SSSR count). The quantitative estimate of drug-likeness (QED) is 0.847. The molecule has 0 heterocycles. The Morgan fingerprint density at radius 3 is 2.50 bits per heavy atom. The van der Waals surface area contributed by atoms with E-state index in [2.05, 4.69) is 0 Å². The molecule has 18 heavy (non-hydrogen) atoms. The van der Waals surface area contributed by atoms with E-state index in [0.29, 0.717) is 0 Å². The van der Waals surface area contributed by atoms with Crippen molar-refractivity contribution in [1.82, 2.24) is 0 Å². The van der Waals surface area contributed by atoms with E-state index in [-0.39, 0.29) is 52.4 Å². The summed E-state index contributed by atoms with van der Waals surface area (Å²) in [5, 5.41) is 9.55. The van der Waals surface area contributed by atoms with Crippen LogP contribution in [0.25, 0.3) is 0 Å². The molecule has 0 saturated carbocycles. The van der Waals surface area contributed by atoms with Gasteiger partial charge in [0.25, 0.3) is 0 Å². The van der Waals surface area contributed by atoms with Crippen molar-refractivity contribution < 1.29 is 20.1 Å². The number of benzene rings is 2. The van der Waals surface area contributed by atoms with E-state index in [1.807, 2.05) is 0 Å². The molecule has 0 atom stereocenters. The van der Waals surface area contributed by atoms with Crippen LogP contribution in [0.2, 0.25) is 0 Å². The Morgan fingerprint density at radius 2 is 1.89 bits per heavy atom. The van der Waals surface area contributed by atoms with Crippen LogP contribution in [0.3, 0.4) is 0 Å². The van der Waals surface area contributed by atoms with Gasteiger partial charge < -0.3 is 9.84 Å². The molecule has 0 saturated heterocycles. The molecule has 0 aliphatic carbocycles. The van der Waals surface area contributed by atoms with Gasteiger partial charge in [0.1, 0.15) is 0 Å². The van der Waals surface area contributed by atoms with Gasteiger partial charge in [0, 0.05) is 11.1 Å². The van der Waals surface area contributed by atoms with Crippen molar-refractivity contribution in [1.29, 1.82) is 0 Å². The third-order valence-corrected chi connectivity index (χ3v) is 2.42. The Balaban J connectivity index is 2.65. The van der Waals surface area contributed by atoms with Crippen LogP contribution in [-0.4, -0.2) is 18.0 Å². The molecule has 0 aromatic heterocycles. The first-order valence-corrected chi connectivity index (χ1v) is 5.28. The smallest absolute Gasteiger partial charge is 0.193 e. The van der Waals surface area contributed by atoms with Crippen LogP contribution in [0.4, 0.5) is 0 Å². The first kappa shape index (κ1) is 7.93. The number of ketones is 1. The van der Waals surface area contributed by atoms with Crippen LogP contribution in [0.15, 0.2) is 42.4 Å². The summed E-state index contributed by atoms with van der Waals surface area (Å²) in [5.41, 5.74) is 0.00230. The second-order valence-electron chi connectivity index (χ2n) is 3.72. The zero-order chi connectivity index (χ0) is 16.6. The van der Waals surface area contributed by atoms with Crippen molar-refractivity contribution >= 4 is 5.78 Å². The van der Waals surface area contributed by atoms with Gasteiger partial charge >= 0.3 is 0 Å². The number of phenols is 1. The number of carbonyl (C=O) groups excluding carboxylic acids is 1. The highest BCUT2D eigenvalue weighted by Gasteiger charge is 2.11. The Hall–Kier alpha value is -2.29. The molecule has 0 aliphatic rings. The summed E-state index contributed by atoms with van der Waals surface area (Å²) in [6.45, 7) is 1.47. The van der Waals surface area contributed by atoms with Crippen LogP contribution in [-0.2, 0) is 0 Å². The number of hydrogen-bond acceptors (Lipinski definition) is 3. The molecule has 0 radical (unpaired) electrons. The molecule has 0 aliphatic heterocycles. The molecule has 3 nitrogen and oxygen atoms in total. The van der Waals surface area contributed by atoms with Crippen molar-refractivity contribution in [3.8, 4) is 11.5 Å². The topological polar surface area (TPSA) is 46.5 Å². The van der Waals surface area contributed by atoms with E-state index in [4.69, 9.17) is 10.2 Å². The Bertz CT molecular complexity index is 743. The minimum Gasteiger partial charge on any atom is -0.504 e. The molecule has 1 N–H and O–H groups in total. The minimum absolute atomic E-state index is 0.0909. The summed E-state index contributed by atoms with van der Waals surface area (Å²) in [6.07, 6.45) is 0. The molecule has 2 aromatic carbocycles. The highest BCUT2D eigenvalue weighted by molar-refractivity contribution is 6.09. The highest BCUT2D eigenvalue weighted by atomic mass is 16.5. The van der Waals surface area contributed by atoms with Crippen LogP contribution in [0.1, 0.15) is 27.0 Å². The summed E-state index contributed by atoms with van der Waals surface area (Å²) in [5.74, 6) is -0.703. The Kier molecular flexibility index (Phi) is 2.17. The van der Waals surface area contributed by atoms with E-state index < -0.39 is 5.78 Å². The SMILES string of the molecule is [2H]c1c([2H])c(C(=O)c2ccc(O)c(OC)c2)c([2H])c([2H])c1C. The number of carbonyl (C=O) groups is 1. The van der Waals surface area contributed by atoms with E-state index in [9.17, 15) is 9.90 Å². The molecular formula is C15H14O3. The van der Waals surface area contributed by atoms with Crippen LogP contribution in [0.5, 0.6) is 11.5 Å². The predicted octanol–water partition coefficient (Wildman–Crippen LogP) is 2.94. The maximum Gasteiger partial charge on any atom is 0.193 e. The summed E-state index contributed by atoms with van der Waals surface area (Å²) < 4.78 is 36.3. The predicted molar refractivity (Wildman–Crippen MR) is 69.3 cm³/mol. The number of hydrogen-bond donors (Lipinski definition) is 1. The lowest BCUT2D eigenvalue weighted by Crippen LogP contribution is -2.01. The molecule has 0 fully saturated rings. The van der Waals surface area contributed by atoms with Gasteiger partial charge in [-0.05, 0) is 25.1 Å². The summed E-state index contributed by atoms with van der Waals surface area (Å²) in [7, 11) is 1.34. The van der Waals surface area contributed by atoms with Gasteiger partial charge in [0.05, 0.1) is 12.6 Å². The number of phenolic OH excluding ortho intramolecular Hbond substituents is 1. The standard InChI is InChI=1S/C15H14O3/c1-10-3-5-11(6-4-10)15(17)12-7-8-13(16)14(9-12)18-2/h3-9,16H,1-2H3/i3D,4D,5D,6D. The van der Waals surface area contributed by atoms with Gasteiger partial charge in [-0.1, -0.05) is 29.7 Å². The molecule has 0 unspecified atom stereocenters. The fraction of sp³-hybridized carbons (Fsp3) is 0.133. The van der Waals surface area contributed by atoms with E-state index in [1.54, 1.807) is 0 Å². The highest BCUT2D eigenvalue weighted by Crippen LogP contribution is 2.27. The zero-order valence-corrected chi connectivity index (χ0v) is 10.00. The fourth-order valence-electron chi connectivity index (χ4n) is 1.45. The summed E-state index contributed by atoms with van der Waals surface area (Å²) in [6, 6.07) is 2.67. The molecule has 0 spiro atoms. The number of rotatable bonds is 3. The molecule has 2 aromatic rings. The van der Waals surface area contributed by atoms with Gasteiger partial charge in [-0.15, -0.1) is 0 Å². The first-order valence-electron chi connectivity index (χ1n) is 7.28. The lowest BCUT2D eigenvalue weighted by atomic mass is 10.0. The van der Waals surface area contributed by atoms with Crippen LogP contribution < -0.4 is 4.74 Å². The van der Waals surface area contributed by atoms with Crippen LogP contribution >= 0.6 is 0 Å². The van der Waals surface area contributed by atoms with Crippen LogP contribution in [0, 0.1) is 6.92 Å². The molecule has 0 bridgehead atoms. The van der Waals surface area contributed by atoms with Crippen molar-refractivity contribution in [3.63, 3.8) is 0 Å². The third-order valence-electron chi connectivity index (χ3n) is 2.42. The number of methoxy groups -OCH3 is 1. The van der Waals surface area contributed by atoms with E-state index >= 15 is 0 Å². The maximum absolute atomic E-state index is 12.5. The van der Waals surface area contributed by atoms with Gasteiger partial charge in [0.15, 0.2) is 17.3 Å². The number of aromatic hydroxyl groups is 1. The normalized spacial score (nSPS) is 13.2. The molecule has 0 amide bonds. The fourth-order valence-corrected chi connectivity index (χ4v) is 1.45. The molecule has 92 valence electrons. The van der Waals surface area contributed by atoms with Crippen molar-refractivity contribution in [2.75, 3.05) is 7.11 Å². The minimum atomic E-state index is -0.657. The second kappa shape index (κ2) is 4.92. The van der Waals surface area contributed by atoms with Gasteiger partial charge in [-0.3, -0.25) is 4.79 Å². The molecular weight excluding hydrogens is 228 g/mol. The average Bonchev–Trinajstić information content (AvgIpc) is 2.51. The van der Waals surface area contributed by atoms with E-state index in [1.165, 1.54) is 32.2 Å². The summed E-state index contributed by atoms with van der Waals surface area (Å²) >= 11 is 0. The Labute approximate surface area is 111 Å². The lowest BCUT2D eigenvalue weighted by molar-refractivity contribution is 0.103. The third kappa shape index (κ3) is 2.35. The van der Waals surface area contributed by atoms with Gasteiger partial charge in [0.2, 0.25) is 0 Å². The van der Waals surface area contributed by atoms with Gasteiger partial charge in [-0.2, -0.15) is 0 Å². The summed E-state index contributed by atoms with van der Waals surface area (Å²) in [4.78, 5) is 12.5. The molecule has 3 heteroatoms. The largest absolute Gasteiger partial charge is 0.504 e. The Morgan fingerprint density at radius 1 is 1.22 bits per heavy atom. The van der Waals surface area contributed by atoms with Gasteiger partial charge in [-0.25, -0.2) is 0 Å².